The van der Waals surface area contributed by atoms with Crippen molar-refractivity contribution in [2.75, 3.05) is 33.8 Å². The molecule has 0 spiro atoms. The van der Waals surface area contributed by atoms with Gasteiger partial charge < -0.3 is 19.4 Å². The Hall–Kier alpha value is -1.84. The first-order valence-corrected chi connectivity index (χ1v) is 8.58. The van der Waals surface area contributed by atoms with Gasteiger partial charge in [0.25, 0.3) is 0 Å². The van der Waals surface area contributed by atoms with Gasteiger partial charge in [-0.25, -0.2) is 4.98 Å². The maximum absolute atomic E-state index is 11.8. The van der Waals surface area contributed by atoms with Gasteiger partial charge in [-0.15, -0.1) is 24.0 Å². The van der Waals surface area contributed by atoms with Gasteiger partial charge >= 0.3 is 5.97 Å². The number of esters is 1. The lowest BCUT2D eigenvalue weighted by molar-refractivity contribution is -0.145. The smallest absolute Gasteiger partial charge is 0.310 e. The quantitative estimate of drug-likeness (QED) is 0.319. The molecule has 142 valence electrons. The predicted molar refractivity (Wildman–Crippen MR) is 112 cm³/mol. The number of methoxy groups -OCH3 is 1. The van der Waals surface area contributed by atoms with Crippen molar-refractivity contribution in [3.63, 3.8) is 0 Å². The molecule has 1 fully saturated rings. The zero-order valence-corrected chi connectivity index (χ0v) is 17.7. The molecular formula is C18H26IN5O2. The SMILES string of the molecule is CN=C(NCCc1cn2ccccc2n1)N1CC(C)C(C(=O)OC)C1.I. The van der Waals surface area contributed by atoms with Crippen molar-refractivity contribution in [2.45, 2.75) is 13.3 Å². The summed E-state index contributed by atoms with van der Waals surface area (Å²) in [7, 11) is 3.21. The maximum atomic E-state index is 11.8. The molecule has 2 atom stereocenters. The molecule has 8 heteroatoms. The molecule has 3 heterocycles. The highest BCUT2D eigenvalue weighted by Crippen LogP contribution is 2.24. The van der Waals surface area contributed by atoms with Crippen LogP contribution in [0.1, 0.15) is 12.6 Å². The molecule has 0 saturated carbocycles. The molecule has 7 nitrogen and oxygen atoms in total. The normalized spacial score (nSPS) is 20.1. The predicted octanol–water partition coefficient (Wildman–Crippen LogP) is 1.81. The van der Waals surface area contributed by atoms with Crippen LogP contribution in [0.25, 0.3) is 5.65 Å². The lowest BCUT2D eigenvalue weighted by Gasteiger charge is -2.21. The lowest BCUT2D eigenvalue weighted by Crippen LogP contribution is -2.41. The Kier molecular flexibility index (Phi) is 7.24. The fourth-order valence-electron chi connectivity index (χ4n) is 3.34. The van der Waals surface area contributed by atoms with Gasteiger partial charge in [0.2, 0.25) is 0 Å². The summed E-state index contributed by atoms with van der Waals surface area (Å²) < 4.78 is 6.92. The number of aromatic nitrogens is 2. The molecule has 1 aliphatic rings. The molecule has 1 saturated heterocycles. The van der Waals surface area contributed by atoms with Gasteiger partial charge in [0.05, 0.1) is 18.7 Å². The summed E-state index contributed by atoms with van der Waals surface area (Å²) in [5, 5.41) is 3.38. The van der Waals surface area contributed by atoms with Crippen LogP contribution in [0.4, 0.5) is 0 Å². The zero-order valence-electron chi connectivity index (χ0n) is 15.4. The number of guanidine groups is 1. The first-order valence-electron chi connectivity index (χ1n) is 8.58. The van der Waals surface area contributed by atoms with Crippen LogP contribution in [0.15, 0.2) is 35.6 Å². The second kappa shape index (κ2) is 9.20. The second-order valence-corrected chi connectivity index (χ2v) is 6.43. The topological polar surface area (TPSA) is 71.2 Å². The third-order valence-electron chi connectivity index (χ3n) is 4.71. The highest BCUT2D eigenvalue weighted by molar-refractivity contribution is 14.0. The van der Waals surface area contributed by atoms with Crippen LogP contribution in [0.2, 0.25) is 0 Å². The van der Waals surface area contributed by atoms with Crippen LogP contribution in [0.5, 0.6) is 0 Å². The van der Waals surface area contributed by atoms with Gasteiger partial charge in [-0.3, -0.25) is 9.79 Å². The van der Waals surface area contributed by atoms with E-state index in [2.05, 4.69) is 27.1 Å². The largest absolute Gasteiger partial charge is 0.469 e. The molecule has 0 aromatic carbocycles. The fourth-order valence-corrected chi connectivity index (χ4v) is 3.34. The Bertz CT molecular complexity index is 743. The van der Waals surface area contributed by atoms with Crippen molar-refractivity contribution in [1.29, 1.82) is 0 Å². The van der Waals surface area contributed by atoms with Crippen LogP contribution in [0, 0.1) is 11.8 Å². The Labute approximate surface area is 170 Å². The second-order valence-electron chi connectivity index (χ2n) is 6.43. The van der Waals surface area contributed by atoms with Crippen LogP contribution in [-0.2, 0) is 16.0 Å². The van der Waals surface area contributed by atoms with E-state index in [0.717, 1.165) is 36.8 Å². The van der Waals surface area contributed by atoms with E-state index in [1.54, 1.807) is 7.05 Å². The molecular weight excluding hydrogens is 445 g/mol. The Morgan fingerprint density at radius 3 is 2.92 bits per heavy atom. The van der Waals surface area contributed by atoms with E-state index in [0.29, 0.717) is 6.54 Å². The number of nitrogens with one attached hydrogen (secondary N) is 1. The number of ether oxygens (including phenoxy) is 1. The van der Waals surface area contributed by atoms with Gasteiger partial charge in [-0.05, 0) is 18.1 Å². The summed E-state index contributed by atoms with van der Waals surface area (Å²) in [5.74, 6) is 0.837. The average Bonchev–Trinajstić information content (AvgIpc) is 3.21. The monoisotopic (exact) mass is 471 g/mol. The molecule has 0 amide bonds. The van der Waals surface area contributed by atoms with Crippen LogP contribution in [-0.4, -0.2) is 60.0 Å². The van der Waals surface area contributed by atoms with Crippen molar-refractivity contribution in [1.82, 2.24) is 19.6 Å². The number of pyridine rings is 1. The Balaban J connectivity index is 0.00000243. The van der Waals surface area contributed by atoms with Crippen LogP contribution >= 0.6 is 24.0 Å². The number of aliphatic imine (C=N–C) groups is 1. The number of rotatable bonds is 4. The van der Waals surface area contributed by atoms with E-state index in [1.165, 1.54) is 7.11 Å². The minimum atomic E-state index is -0.143. The van der Waals surface area contributed by atoms with E-state index in [1.807, 2.05) is 35.0 Å². The number of halogens is 1. The van der Waals surface area contributed by atoms with Crippen LogP contribution in [0.3, 0.4) is 0 Å². The first kappa shape index (κ1) is 20.5. The van der Waals surface area contributed by atoms with Gasteiger partial charge in [-0.2, -0.15) is 0 Å². The van der Waals surface area contributed by atoms with Gasteiger partial charge in [0.1, 0.15) is 5.65 Å². The molecule has 0 bridgehead atoms. The molecule has 2 aromatic heterocycles. The van der Waals surface area contributed by atoms with E-state index in [4.69, 9.17) is 4.74 Å². The van der Waals surface area contributed by atoms with Gasteiger partial charge in [0.15, 0.2) is 5.96 Å². The minimum Gasteiger partial charge on any atom is -0.469 e. The molecule has 3 rings (SSSR count). The summed E-state index contributed by atoms with van der Waals surface area (Å²) >= 11 is 0. The standard InChI is InChI=1S/C18H25N5O2.HI/c1-13-10-23(12-15(13)17(24)25-3)18(19-2)20-8-7-14-11-22-9-5-4-6-16(22)21-14;/h4-6,9,11,13,15H,7-8,10,12H2,1-3H3,(H,19,20);1H. The summed E-state index contributed by atoms with van der Waals surface area (Å²) in [6, 6.07) is 5.97. The molecule has 26 heavy (non-hydrogen) atoms. The summed E-state index contributed by atoms with van der Waals surface area (Å²) in [4.78, 5) is 22.9. The zero-order chi connectivity index (χ0) is 17.8. The van der Waals surface area contributed by atoms with Crippen molar-refractivity contribution < 1.29 is 9.53 Å². The minimum absolute atomic E-state index is 0. The molecule has 0 radical (unpaired) electrons. The molecule has 2 unspecified atom stereocenters. The average molecular weight is 471 g/mol. The number of carbonyl (C=O) groups excluding carboxylic acids is 1. The highest BCUT2D eigenvalue weighted by Gasteiger charge is 2.36. The first-order chi connectivity index (χ1) is 12.1. The summed E-state index contributed by atoms with van der Waals surface area (Å²) in [6.45, 7) is 4.26. The van der Waals surface area contributed by atoms with Crippen molar-refractivity contribution >= 4 is 41.6 Å². The summed E-state index contributed by atoms with van der Waals surface area (Å²) in [6.07, 6.45) is 4.85. The Morgan fingerprint density at radius 1 is 1.42 bits per heavy atom. The number of carbonyl (C=O) groups is 1. The molecule has 1 N–H and O–H groups in total. The molecule has 2 aromatic rings. The van der Waals surface area contributed by atoms with Crippen molar-refractivity contribution in [3.05, 3.63) is 36.3 Å². The number of hydrogen-bond donors (Lipinski definition) is 1. The number of likely N-dealkylation sites (tertiary alicyclic amines) is 1. The number of imidazole rings is 1. The Morgan fingerprint density at radius 2 is 2.23 bits per heavy atom. The van der Waals surface area contributed by atoms with E-state index < -0.39 is 0 Å². The summed E-state index contributed by atoms with van der Waals surface area (Å²) in [5.41, 5.74) is 1.99. The maximum Gasteiger partial charge on any atom is 0.310 e. The van der Waals surface area contributed by atoms with E-state index >= 15 is 0 Å². The number of fused-ring (bicyclic) bond motifs is 1. The fraction of sp³-hybridized carbons (Fsp3) is 0.500. The van der Waals surface area contributed by atoms with E-state index in [-0.39, 0.29) is 41.8 Å². The van der Waals surface area contributed by atoms with E-state index in [9.17, 15) is 4.79 Å². The van der Waals surface area contributed by atoms with Crippen LogP contribution < -0.4 is 5.32 Å². The lowest BCUT2D eigenvalue weighted by atomic mass is 9.99. The van der Waals surface area contributed by atoms with Gasteiger partial charge in [-0.1, -0.05) is 13.0 Å². The van der Waals surface area contributed by atoms with Crippen molar-refractivity contribution in [3.8, 4) is 0 Å². The number of hydrogen-bond acceptors (Lipinski definition) is 4. The van der Waals surface area contributed by atoms with Crippen molar-refractivity contribution in [2.24, 2.45) is 16.8 Å². The third-order valence-corrected chi connectivity index (χ3v) is 4.71. The third kappa shape index (κ3) is 4.46. The van der Waals surface area contributed by atoms with Gasteiger partial charge in [0, 0.05) is 45.5 Å². The number of nitrogens with zero attached hydrogens (tertiary/aromatic N) is 4. The highest BCUT2D eigenvalue weighted by atomic mass is 127. The molecule has 0 aliphatic carbocycles. The molecule has 1 aliphatic heterocycles.